The summed E-state index contributed by atoms with van der Waals surface area (Å²) >= 11 is 0. The third-order valence-electron chi connectivity index (χ3n) is 4.64. The first kappa shape index (κ1) is 17.7. The van der Waals surface area contributed by atoms with Crippen molar-refractivity contribution in [1.82, 2.24) is 15.1 Å². The van der Waals surface area contributed by atoms with Gasteiger partial charge in [0.05, 0.1) is 18.2 Å². The average molecular weight is 340 g/mol. The summed E-state index contributed by atoms with van der Waals surface area (Å²) in [5, 5.41) is 11.2. The van der Waals surface area contributed by atoms with Gasteiger partial charge in [0, 0.05) is 18.0 Å². The molecule has 1 saturated heterocycles. The molecule has 0 bridgehead atoms. The van der Waals surface area contributed by atoms with E-state index in [4.69, 9.17) is 5.10 Å². The van der Waals surface area contributed by atoms with Crippen molar-refractivity contribution in [3.05, 3.63) is 47.7 Å². The highest BCUT2D eigenvalue weighted by molar-refractivity contribution is 5.92. The molecule has 2 aromatic rings. The summed E-state index contributed by atoms with van der Waals surface area (Å²) in [7, 11) is 0. The van der Waals surface area contributed by atoms with Gasteiger partial charge in [-0.25, -0.2) is 4.68 Å². The predicted octanol–water partition coefficient (Wildman–Crippen LogP) is 3.17. The molecule has 1 aromatic carbocycles. The number of benzene rings is 1. The van der Waals surface area contributed by atoms with Crippen LogP contribution in [0.1, 0.15) is 44.9 Å². The predicted molar refractivity (Wildman–Crippen MR) is 101 cm³/mol. The Morgan fingerprint density at radius 1 is 1.32 bits per heavy atom. The zero-order chi connectivity index (χ0) is 17.9. The molecule has 3 rings (SSSR count). The van der Waals surface area contributed by atoms with Crippen molar-refractivity contribution in [2.45, 2.75) is 45.6 Å². The van der Waals surface area contributed by atoms with Crippen molar-refractivity contribution >= 4 is 11.7 Å². The van der Waals surface area contributed by atoms with Crippen LogP contribution in [0.5, 0.6) is 0 Å². The molecule has 0 aliphatic carbocycles. The highest BCUT2D eigenvalue weighted by atomic mass is 16.2. The van der Waals surface area contributed by atoms with Crippen LogP contribution in [0.2, 0.25) is 0 Å². The van der Waals surface area contributed by atoms with Gasteiger partial charge in [-0.1, -0.05) is 51.1 Å². The van der Waals surface area contributed by atoms with Crippen molar-refractivity contribution in [3.63, 3.8) is 0 Å². The van der Waals surface area contributed by atoms with E-state index in [1.165, 1.54) is 5.56 Å². The number of carbonyl (C=O) groups is 1. The Balaban J connectivity index is 1.82. The molecule has 1 atom stereocenters. The van der Waals surface area contributed by atoms with Gasteiger partial charge in [0.15, 0.2) is 0 Å². The number of nitrogens with zero attached hydrogens (tertiary/aromatic N) is 2. The van der Waals surface area contributed by atoms with E-state index in [9.17, 15) is 4.79 Å². The lowest BCUT2D eigenvalue weighted by molar-refractivity contribution is -0.120. The number of nitrogens with one attached hydrogen (secondary N) is 2. The summed E-state index contributed by atoms with van der Waals surface area (Å²) in [5.41, 5.74) is 2.09. The Hall–Kier alpha value is -2.14. The van der Waals surface area contributed by atoms with Crippen LogP contribution >= 0.6 is 0 Å². The summed E-state index contributed by atoms with van der Waals surface area (Å²) in [6.45, 7) is 8.82. The number of anilines is 1. The molecule has 1 aliphatic heterocycles. The Bertz CT molecular complexity index is 709. The minimum atomic E-state index is -0.0617. The fraction of sp³-hybridized carbons (Fsp3) is 0.500. The van der Waals surface area contributed by atoms with E-state index in [1.807, 2.05) is 28.9 Å². The number of piperidine rings is 1. The van der Waals surface area contributed by atoms with E-state index < -0.39 is 0 Å². The average Bonchev–Trinajstić information content (AvgIpc) is 2.99. The molecule has 2 heterocycles. The topological polar surface area (TPSA) is 59.0 Å². The van der Waals surface area contributed by atoms with Gasteiger partial charge in [0.2, 0.25) is 5.91 Å². The molecular formula is C20H28N4O. The van der Waals surface area contributed by atoms with Gasteiger partial charge in [0.1, 0.15) is 5.82 Å². The van der Waals surface area contributed by atoms with Gasteiger partial charge in [-0.05, 0) is 24.9 Å². The number of hydrogen-bond acceptors (Lipinski definition) is 3. The molecule has 5 nitrogen and oxygen atoms in total. The van der Waals surface area contributed by atoms with Crippen molar-refractivity contribution < 1.29 is 4.79 Å². The van der Waals surface area contributed by atoms with Gasteiger partial charge < -0.3 is 10.6 Å². The van der Waals surface area contributed by atoms with Crippen molar-refractivity contribution in [3.8, 4) is 0 Å². The molecule has 1 unspecified atom stereocenters. The lowest BCUT2D eigenvalue weighted by atomic mass is 9.92. The molecule has 1 aliphatic rings. The number of aromatic nitrogens is 2. The second-order valence-electron chi connectivity index (χ2n) is 7.84. The first-order valence-corrected chi connectivity index (χ1v) is 9.07. The molecular weight excluding hydrogens is 312 g/mol. The highest BCUT2D eigenvalue weighted by Gasteiger charge is 2.24. The quantitative estimate of drug-likeness (QED) is 0.899. The Morgan fingerprint density at radius 3 is 2.72 bits per heavy atom. The number of amides is 1. The minimum Gasteiger partial charge on any atom is -0.316 e. The lowest BCUT2D eigenvalue weighted by Crippen LogP contribution is -2.37. The molecule has 0 spiro atoms. The maximum absolute atomic E-state index is 12.6. The summed E-state index contributed by atoms with van der Waals surface area (Å²) in [6.07, 6.45) is 1.99. The monoisotopic (exact) mass is 340 g/mol. The summed E-state index contributed by atoms with van der Waals surface area (Å²) in [6, 6.07) is 12.2. The standard InChI is InChI=1S/C20H28N4O/c1-20(2,3)17-12-18(22-19(25)16-10-7-11-21-13-16)24(23-17)14-15-8-5-4-6-9-15/h4-6,8-9,12,16,21H,7,10-11,13-14H2,1-3H3,(H,22,25). The maximum atomic E-state index is 12.6. The minimum absolute atomic E-state index is 0.0342. The van der Waals surface area contributed by atoms with Gasteiger partial charge in [0.25, 0.3) is 0 Å². The lowest BCUT2D eigenvalue weighted by Gasteiger charge is -2.22. The normalized spacial score (nSPS) is 18.1. The second kappa shape index (κ2) is 7.40. The highest BCUT2D eigenvalue weighted by Crippen LogP contribution is 2.25. The molecule has 5 heteroatoms. The molecule has 0 radical (unpaired) electrons. The van der Waals surface area contributed by atoms with Crippen LogP contribution in [-0.4, -0.2) is 28.8 Å². The Morgan fingerprint density at radius 2 is 2.08 bits per heavy atom. The van der Waals surface area contributed by atoms with Crippen LogP contribution in [-0.2, 0) is 16.8 Å². The first-order chi connectivity index (χ1) is 11.9. The van der Waals surface area contributed by atoms with Crippen molar-refractivity contribution in [2.24, 2.45) is 5.92 Å². The SMILES string of the molecule is CC(C)(C)c1cc(NC(=O)C2CCCNC2)n(Cc2ccccc2)n1. The van der Waals surface area contributed by atoms with E-state index in [2.05, 4.69) is 43.5 Å². The number of carbonyl (C=O) groups excluding carboxylic acids is 1. The zero-order valence-electron chi connectivity index (χ0n) is 15.4. The van der Waals surface area contributed by atoms with E-state index in [-0.39, 0.29) is 17.2 Å². The third-order valence-corrected chi connectivity index (χ3v) is 4.64. The van der Waals surface area contributed by atoms with Crippen molar-refractivity contribution in [1.29, 1.82) is 0 Å². The van der Waals surface area contributed by atoms with E-state index in [0.717, 1.165) is 37.4 Å². The summed E-state index contributed by atoms with van der Waals surface area (Å²) in [5.74, 6) is 0.901. The first-order valence-electron chi connectivity index (χ1n) is 9.07. The van der Waals surface area contributed by atoms with Gasteiger partial charge in [-0.2, -0.15) is 5.10 Å². The molecule has 1 aromatic heterocycles. The largest absolute Gasteiger partial charge is 0.316 e. The number of rotatable bonds is 4. The van der Waals surface area contributed by atoms with Crippen LogP contribution in [0.15, 0.2) is 36.4 Å². The molecule has 1 fully saturated rings. The Kier molecular flexibility index (Phi) is 5.23. The smallest absolute Gasteiger partial charge is 0.229 e. The molecule has 0 saturated carbocycles. The maximum Gasteiger partial charge on any atom is 0.229 e. The fourth-order valence-electron chi connectivity index (χ4n) is 3.06. The van der Waals surface area contributed by atoms with Crippen LogP contribution < -0.4 is 10.6 Å². The van der Waals surface area contributed by atoms with Crippen molar-refractivity contribution in [2.75, 3.05) is 18.4 Å². The van der Waals surface area contributed by atoms with Gasteiger partial charge in [-0.3, -0.25) is 4.79 Å². The van der Waals surface area contributed by atoms with Crippen LogP contribution in [0.4, 0.5) is 5.82 Å². The van der Waals surface area contributed by atoms with E-state index in [1.54, 1.807) is 0 Å². The van der Waals surface area contributed by atoms with Gasteiger partial charge >= 0.3 is 0 Å². The third kappa shape index (κ3) is 4.48. The number of hydrogen-bond donors (Lipinski definition) is 2. The van der Waals surface area contributed by atoms with E-state index in [0.29, 0.717) is 6.54 Å². The Labute approximate surface area is 149 Å². The fourth-order valence-corrected chi connectivity index (χ4v) is 3.06. The van der Waals surface area contributed by atoms with Crippen LogP contribution in [0, 0.1) is 5.92 Å². The van der Waals surface area contributed by atoms with Crippen LogP contribution in [0.25, 0.3) is 0 Å². The van der Waals surface area contributed by atoms with E-state index >= 15 is 0 Å². The second-order valence-corrected chi connectivity index (χ2v) is 7.84. The molecule has 1 amide bonds. The molecule has 2 N–H and O–H groups in total. The molecule has 134 valence electrons. The van der Waals surface area contributed by atoms with Crippen LogP contribution in [0.3, 0.4) is 0 Å². The van der Waals surface area contributed by atoms with Gasteiger partial charge in [-0.15, -0.1) is 0 Å². The summed E-state index contributed by atoms with van der Waals surface area (Å²) < 4.78 is 1.91. The summed E-state index contributed by atoms with van der Waals surface area (Å²) in [4.78, 5) is 12.6. The molecule has 25 heavy (non-hydrogen) atoms. The zero-order valence-corrected chi connectivity index (χ0v) is 15.4.